The lowest BCUT2D eigenvalue weighted by Crippen LogP contribution is -2.67. The van der Waals surface area contributed by atoms with Crippen molar-refractivity contribution in [1.82, 2.24) is 25.6 Å². The van der Waals surface area contributed by atoms with Crippen LogP contribution in [0.5, 0.6) is 5.75 Å². The van der Waals surface area contributed by atoms with Crippen LogP contribution in [0.4, 0.5) is 9.59 Å². The summed E-state index contributed by atoms with van der Waals surface area (Å²) >= 11 is 0. The van der Waals surface area contributed by atoms with Crippen LogP contribution in [0.2, 0.25) is 0 Å². The van der Waals surface area contributed by atoms with Crippen molar-refractivity contribution in [2.45, 2.75) is 70.5 Å². The first-order chi connectivity index (χ1) is 21.7. The summed E-state index contributed by atoms with van der Waals surface area (Å²) in [5.74, 6) is -1.34. The molecule has 1 heterocycles. The molecule has 1 aromatic rings. The van der Waals surface area contributed by atoms with Gasteiger partial charge in [-0.3, -0.25) is 4.99 Å². The molecule has 18 heteroatoms. The van der Waals surface area contributed by atoms with Crippen molar-refractivity contribution in [2.24, 2.45) is 16.5 Å². The van der Waals surface area contributed by atoms with E-state index in [-0.39, 0.29) is 18.6 Å². The van der Waals surface area contributed by atoms with Crippen molar-refractivity contribution in [1.29, 1.82) is 0 Å². The van der Waals surface area contributed by atoms with Crippen LogP contribution in [0, 0.1) is 0 Å². The fraction of sp³-hybridized carbons (Fsp3) is 0.607. The van der Waals surface area contributed by atoms with Gasteiger partial charge in [-0.15, -0.1) is 0 Å². The van der Waals surface area contributed by atoms with Crippen LogP contribution >= 0.6 is 0 Å². The normalized spacial score (nSPS) is 15.7. The van der Waals surface area contributed by atoms with E-state index in [2.05, 4.69) is 20.9 Å². The van der Waals surface area contributed by atoms with E-state index in [0.29, 0.717) is 35.6 Å². The van der Waals surface area contributed by atoms with E-state index in [1.165, 1.54) is 24.3 Å². The molecular formula is C28H46N8O9S. The molecule has 1 aliphatic rings. The van der Waals surface area contributed by atoms with E-state index in [1.54, 1.807) is 6.92 Å². The molecule has 0 fully saturated rings. The van der Waals surface area contributed by atoms with Gasteiger partial charge in [-0.1, -0.05) is 20.3 Å². The maximum atomic E-state index is 13.6. The molecule has 3 amide bonds. The first kappa shape index (κ1) is 38.0. The SMILES string of the molecule is CCCCOC(=O)NC(CC)CN([C@](C)(N)C(=O)OC(=O)c1ccc(OCCNC2=NCCCN2)cc1)S(=O)(=O)C(C)NC(N)=O. The minimum Gasteiger partial charge on any atom is -0.492 e. The molecule has 0 saturated heterocycles. The summed E-state index contributed by atoms with van der Waals surface area (Å²) in [6.07, 6.45) is 1.80. The number of alkyl carbamates (subject to hydrolysis) is 1. The highest BCUT2D eigenvalue weighted by molar-refractivity contribution is 7.89. The van der Waals surface area contributed by atoms with Crippen molar-refractivity contribution >= 4 is 40.0 Å². The highest BCUT2D eigenvalue weighted by Gasteiger charge is 2.48. The highest BCUT2D eigenvalue weighted by atomic mass is 32.2. The zero-order chi connectivity index (χ0) is 34.3. The third-order valence-corrected chi connectivity index (χ3v) is 8.95. The predicted octanol–water partition coefficient (Wildman–Crippen LogP) is 0.314. The van der Waals surface area contributed by atoms with Gasteiger partial charge in [0.2, 0.25) is 10.0 Å². The highest BCUT2D eigenvalue weighted by Crippen LogP contribution is 2.22. The number of amides is 3. The van der Waals surface area contributed by atoms with Gasteiger partial charge >= 0.3 is 24.1 Å². The number of guanidine groups is 1. The van der Waals surface area contributed by atoms with E-state index in [1.807, 2.05) is 12.2 Å². The number of hydrogen-bond acceptors (Lipinski definition) is 13. The maximum Gasteiger partial charge on any atom is 0.407 e. The lowest BCUT2D eigenvalue weighted by Gasteiger charge is -2.38. The molecule has 258 valence electrons. The first-order valence-corrected chi connectivity index (χ1v) is 16.5. The van der Waals surface area contributed by atoms with Crippen LogP contribution in [0.3, 0.4) is 0 Å². The van der Waals surface area contributed by atoms with Crippen molar-refractivity contribution in [3.05, 3.63) is 29.8 Å². The zero-order valence-electron chi connectivity index (χ0n) is 26.7. The van der Waals surface area contributed by atoms with Crippen molar-refractivity contribution in [3.8, 4) is 5.75 Å². The monoisotopic (exact) mass is 670 g/mol. The quantitative estimate of drug-likeness (QED) is 0.0568. The van der Waals surface area contributed by atoms with E-state index < -0.39 is 57.7 Å². The van der Waals surface area contributed by atoms with Gasteiger partial charge in [-0.05, 0) is 57.4 Å². The van der Waals surface area contributed by atoms with E-state index in [9.17, 15) is 27.6 Å². The number of hydrogen-bond donors (Lipinski definition) is 6. The summed E-state index contributed by atoms with van der Waals surface area (Å²) in [5, 5.41) is 9.21. The third-order valence-electron chi connectivity index (χ3n) is 6.80. The van der Waals surface area contributed by atoms with Crippen LogP contribution in [0.15, 0.2) is 29.3 Å². The Balaban J connectivity index is 2.14. The minimum atomic E-state index is -4.63. The second-order valence-corrected chi connectivity index (χ2v) is 12.8. The molecule has 3 atom stereocenters. The van der Waals surface area contributed by atoms with Crippen molar-refractivity contribution in [2.75, 3.05) is 39.4 Å². The number of nitrogens with two attached hydrogens (primary N) is 2. The molecule has 0 bridgehead atoms. The average Bonchev–Trinajstić information content (AvgIpc) is 3.01. The number of rotatable bonds is 17. The molecular weight excluding hydrogens is 624 g/mol. The lowest BCUT2D eigenvalue weighted by molar-refractivity contribution is -0.148. The lowest BCUT2D eigenvalue weighted by atomic mass is 10.1. The Morgan fingerprint density at radius 1 is 1.13 bits per heavy atom. The molecule has 0 spiro atoms. The molecule has 0 radical (unpaired) electrons. The Morgan fingerprint density at radius 3 is 2.41 bits per heavy atom. The van der Waals surface area contributed by atoms with Gasteiger partial charge in [0.1, 0.15) is 17.7 Å². The Bertz CT molecular complexity index is 1320. The van der Waals surface area contributed by atoms with Crippen LogP contribution in [-0.2, 0) is 24.3 Å². The van der Waals surface area contributed by atoms with E-state index >= 15 is 0 Å². The Labute approximate surface area is 269 Å². The van der Waals surface area contributed by atoms with Gasteiger partial charge in [-0.2, -0.15) is 4.31 Å². The Morgan fingerprint density at radius 2 is 1.83 bits per heavy atom. The van der Waals surface area contributed by atoms with E-state index in [4.69, 9.17) is 25.7 Å². The molecule has 1 aromatic carbocycles. The minimum absolute atomic E-state index is 0.0310. The van der Waals surface area contributed by atoms with Gasteiger partial charge in [0, 0.05) is 25.7 Å². The summed E-state index contributed by atoms with van der Waals surface area (Å²) < 4.78 is 43.4. The van der Waals surface area contributed by atoms with Crippen LogP contribution in [-0.4, -0.2) is 99.2 Å². The molecule has 0 aliphatic carbocycles. The van der Waals surface area contributed by atoms with Crippen LogP contribution in [0.25, 0.3) is 0 Å². The van der Waals surface area contributed by atoms with Crippen LogP contribution in [0.1, 0.15) is 63.7 Å². The summed E-state index contributed by atoms with van der Waals surface area (Å²) in [6, 6.07) is 3.72. The van der Waals surface area contributed by atoms with Gasteiger partial charge in [-0.25, -0.2) is 27.6 Å². The summed E-state index contributed by atoms with van der Waals surface area (Å²) in [4.78, 5) is 54.2. The standard InChI is InChI=1S/C28H46N8O9S/c1-5-7-16-44-27(40)35-21(6-2)18-36(46(41,42)19(3)34-25(29)39)28(4,30)24(38)45-23(37)20-9-11-22(12-10-20)43-17-15-33-26-31-13-8-14-32-26/h9-12,19,21H,5-8,13-18,30H2,1-4H3,(H,35,40)(H3,29,34,39)(H2,31,32,33)/t19?,21?,28-/m0/s1. The number of aliphatic imine (C=N–C) groups is 1. The molecule has 2 rings (SSSR count). The van der Waals surface area contributed by atoms with Gasteiger partial charge < -0.3 is 46.9 Å². The van der Waals surface area contributed by atoms with Crippen molar-refractivity contribution < 1.29 is 41.8 Å². The van der Waals surface area contributed by atoms with Crippen LogP contribution < -0.4 is 37.5 Å². The van der Waals surface area contributed by atoms with Crippen molar-refractivity contribution in [3.63, 3.8) is 0 Å². The van der Waals surface area contributed by atoms with Gasteiger partial charge in [0.25, 0.3) is 0 Å². The zero-order valence-corrected chi connectivity index (χ0v) is 27.5. The molecule has 17 nitrogen and oxygen atoms in total. The number of ether oxygens (including phenoxy) is 3. The average molecular weight is 671 g/mol. The molecule has 2 unspecified atom stereocenters. The third kappa shape index (κ3) is 11.6. The fourth-order valence-electron chi connectivity index (χ4n) is 4.04. The number of benzene rings is 1. The topological polar surface area (TPSA) is 246 Å². The number of nitrogens with zero attached hydrogens (tertiary/aromatic N) is 2. The molecule has 0 aromatic heterocycles. The number of urea groups is 1. The molecule has 0 saturated carbocycles. The largest absolute Gasteiger partial charge is 0.492 e. The van der Waals surface area contributed by atoms with Gasteiger partial charge in [0.05, 0.1) is 18.7 Å². The fourth-order valence-corrected chi connectivity index (χ4v) is 5.68. The summed E-state index contributed by atoms with van der Waals surface area (Å²) in [7, 11) is -4.63. The summed E-state index contributed by atoms with van der Waals surface area (Å²) in [6.45, 7) is 7.75. The first-order valence-electron chi connectivity index (χ1n) is 15.0. The molecule has 46 heavy (non-hydrogen) atoms. The number of esters is 2. The molecule has 1 aliphatic heterocycles. The number of nitrogens with one attached hydrogen (secondary N) is 4. The number of carbonyl (C=O) groups is 4. The number of primary amides is 1. The number of unbranched alkanes of at least 4 members (excludes halogenated alkanes) is 1. The second-order valence-electron chi connectivity index (χ2n) is 10.6. The Hall–Kier alpha value is -4.16. The maximum absolute atomic E-state index is 13.6. The number of sulfonamides is 1. The smallest absolute Gasteiger partial charge is 0.407 e. The van der Waals surface area contributed by atoms with E-state index in [0.717, 1.165) is 39.8 Å². The molecule has 8 N–H and O–H groups in total. The Kier molecular flexibility index (Phi) is 15.0. The number of carbonyl (C=O) groups excluding carboxylic acids is 4. The summed E-state index contributed by atoms with van der Waals surface area (Å²) in [5.41, 5.74) is 8.87. The van der Waals surface area contributed by atoms with Gasteiger partial charge in [0.15, 0.2) is 11.6 Å². The second kappa shape index (κ2) is 18.1. The predicted molar refractivity (Wildman–Crippen MR) is 169 cm³/mol.